The van der Waals surface area contributed by atoms with E-state index >= 15 is 0 Å². The van der Waals surface area contributed by atoms with Crippen LogP contribution in [0, 0.1) is 0 Å². The fourth-order valence-corrected chi connectivity index (χ4v) is 3.94. The molecule has 1 fully saturated rings. The second-order valence-corrected chi connectivity index (χ2v) is 6.37. The number of sulfone groups is 1. The van der Waals surface area contributed by atoms with Gasteiger partial charge in [-0.15, -0.1) is 6.58 Å². The highest BCUT2D eigenvalue weighted by molar-refractivity contribution is 7.91. The molecule has 1 aliphatic rings. The lowest BCUT2D eigenvalue weighted by Gasteiger charge is -2.36. The summed E-state index contributed by atoms with van der Waals surface area (Å²) in [6.45, 7) is 4.76. The molecular formula is C10H20N2O2S. The van der Waals surface area contributed by atoms with Gasteiger partial charge in [0.15, 0.2) is 9.84 Å². The van der Waals surface area contributed by atoms with E-state index < -0.39 is 15.4 Å². The minimum atomic E-state index is -2.91. The normalized spacial score (nSPS) is 29.9. The van der Waals surface area contributed by atoms with Crippen molar-refractivity contribution < 1.29 is 8.42 Å². The SMILES string of the molecule is C=CCCNC1(CN)CCCS(=O)(=O)C1. The highest BCUT2D eigenvalue weighted by Gasteiger charge is 2.37. The molecule has 1 rings (SSSR count). The van der Waals surface area contributed by atoms with E-state index in [1.54, 1.807) is 0 Å². The van der Waals surface area contributed by atoms with Crippen LogP contribution in [0.3, 0.4) is 0 Å². The standard InChI is InChI=1S/C10H20N2O2S/c1-2-3-6-12-10(8-11)5-4-7-15(13,14)9-10/h2,12H,1,3-9,11H2. The molecule has 0 amide bonds. The average Bonchev–Trinajstić information content (AvgIpc) is 2.17. The molecule has 4 nitrogen and oxygen atoms in total. The largest absolute Gasteiger partial charge is 0.329 e. The van der Waals surface area contributed by atoms with Crippen molar-refractivity contribution in [1.82, 2.24) is 5.32 Å². The van der Waals surface area contributed by atoms with Crippen LogP contribution in [0.25, 0.3) is 0 Å². The fraction of sp³-hybridized carbons (Fsp3) is 0.800. The monoisotopic (exact) mass is 232 g/mol. The highest BCUT2D eigenvalue weighted by atomic mass is 32.2. The summed E-state index contributed by atoms with van der Waals surface area (Å²) < 4.78 is 23.1. The molecule has 3 N–H and O–H groups in total. The Kier molecular flexibility index (Phi) is 4.31. The first-order valence-electron chi connectivity index (χ1n) is 5.30. The lowest BCUT2D eigenvalue weighted by molar-refractivity contribution is 0.330. The predicted molar refractivity (Wildman–Crippen MR) is 62.5 cm³/mol. The average molecular weight is 232 g/mol. The number of hydrogen-bond donors (Lipinski definition) is 2. The molecular weight excluding hydrogens is 212 g/mol. The van der Waals surface area contributed by atoms with Crippen LogP contribution in [-0.4, -0.2) is 38.6 Å². The van der Waals surface area contributed by atoms with Crippen LogP contribution in [-0.2, 0) is 9.84 Å². The van der Waals surface area contributed by atoms with Gasteiger partial charge in [0.2, 0.25) is 0 Å². The summed E-state index contributed by atoms with van der Waals surface area (Å²) in [5.74, 6) is 0.478. The number of nitrogens with one attached hydrogen (secondary N) is 1. The van der Waals surface area contributed by atoms with E-state index in [0.29, 0.717) is 18.7 Å². The summed E-state index contributed by atoms with van der Waals surface area (Å²) in [7, 11) is -2.91. The molecule has 0 aliphatic carbocycles. The lowest BCUT2D eigenvalue weighted by Crippen LogP contribution is -2.58. The first-order chi connectivity index (χ1) is 7.04. The summed E-state index contributed by atoms with van der Waals surface area (Å²) in [5.41, 5.74) is 5.29. The van der Waals surface area contributed by atoms with E-state index in [2.05, 4.69) is 11.9 Å². The third kappa shape index (κ3) is 3.59. The minimum Gasteiger partial charge on any atom is -0.329 e. The van der Waals surface area contributed by atoms with Gasteiger partial charge >= 0.3 is 0 Å². The van der Waals surface area contributed by atoms with Gasteiger partial charge in [-0.2, -0.15) is 0 Å². The van der Waals surface area contributed by atoms with Crippen LogP contribution in [0.1, 0.15) is 19.3 Å². The predicted octanol–water partition coefficient (Wildman–Crippen LogP) is 0.0582. The second kappa shape index (κ2) is 5.09. The maximum Gasteiger partial charge on any atom is 0.152 e. The van der Waals surface area contributed by atoms with E-state index in [1.165, 1.54) is 0 Å². The molecule has 0 radical (unpaired) electrons. The van der Waals surface area contributed by atoms with Crippen molar-refractivity contribution in [2.24, 2.45) is 5.73 Å². The van der Waals surface area contributed by atoms with Crippen molar-refractivity contribution in [1.29, 1.82) is 0 Å². The third-order valence-corrected chi connectivity index (χ3v) is 4.75. The van der Waals surface area contributed by atoms with Crippen molar-refractivity contribution in [3.8, 4) is 0 Å². The zero-order valence-corrected chi connectivity index (χ0v) is 9.85. The molecule has 1 aliphatic heterocycles. The van der Waals surface area contributed by atoms with Gasteiger partial charge in [0, 0.05) is 12.1 Å². The second-order valence-electron chi connectivity index (χ2n) is 4.18. The summed E-state index contributed by atoms with van der Waals surface area (Å²) in [6.07, 6.45) is 4.21. The summed E-state index contributed by atoms with van der Waals surface area (Å²) in [4.78, 5) is 0. The van der Waals surface area contributed by atoms with Crippen LogP contribution in [0.4, 0.5) is 0 Å². The first-order valence-corrected chi connectivity index (χ1v) is 7.12. The maximum absolute atomic E-state index is 11.5. The summed E-state index contributed by atoms with van der Waals surface area (Å²) in [6, 6.07) is 0. The van der Waals surface area contributed by atoms with Gasteiger partial charge in [0.25, 0.3) is 0 Å². The smallest absolute Gasteiger partial charge is 0.152 e. The molecule has 0 aromatic rings. The summed E-state index contributed by atoms with van der Waals surface area (Å²) in [5, 5.41) is 3.27. The molecule has 0 saturated carbocycles. The molecule has 0 aromatic heterocycles. The van der Waals surface area contributed by atoms with Crippen LogP contribution >= 0.6 is 0 Å². The van der Waals surface area contributed by atoms with E-state index in [-0.39, 0.29) is 5.75 Å². The highest BCUT2D eigenvalue weighted by Crippen LogP contribution is 2.21. The molecule has 0 bridgehead atoms. The van der Waals surface area contributed by atoms with Crippen molar-refractivity contribution in [3.63, 3.8) is 0 Å². The number of nitrogens with two attached hydrogens (primary N) is 1. The fourth-order valence-electron chi connectivity index (χ4n) is 2.01. The Hall–Kier alpha value is -0.390. The molecule has 0 spiro atoms. The Bertz CT molecular complexity index is 313. The van der Waals surface area contributed by atoms with E-state index in [4.69, 9.17) is 5.73 Å². The Morgan fingerprint density at radius 2 is 2.27 bits per heavy atom. The number of hydrogen-bond acceptors (Lipinski definition) is 4. The van der Waals surface area contributed by atoms with Crippen molar-refractivity contribution in [3.05, 3.63) is 12.7 Å². The third-order valence-electron chi connectivity index (χ3n) is 2.85. The van der Waals surface area contributed by atoms with E-state index in [1.807, 2.05) is 6.08 Å². The van der Waals surface area contributed by atoms with Gasteiger partial charge in [0.1, 0.15) is 0 Å². The Labute approximate surface area is 91.8 Å². The van der Waals surface area contributed by atoms with Gasteiger partial charge in [0.05, 0.1) is 11.5 Å². The van der Waals surface area contributed by atoms with Gasteiger partial charge < -0.3 is 11.1 Å². The Morgan fingerprint density at radius 1 is 1.53 bits per heavy atom. The molecule has 1 atom stereocenters. The van der Waals surface area contributed by atoms with E-state index in [9.17, 15) is 8.42 Å². The number of rotatable bonds is 5. The van der Waals surface area contributed by atoms with Gasteiger partial charge in [-0.05, 0) is 25.8 Å². The topological polar surface area (TPSA) is 72.2 Å². The van der Waals surface area contributed by atoms with Crippen molar-refractivity contribution >= 4 is 9.84 Å². The van der Waals surface area contributed by atoms with Crippen LogP contribution in [0.15, 0.2) is 12.7 Å². The molecule has 1 heterocycles. The quantitative estimate of drug-likeness (QED) is 0.519. The van der Waals surface area contributed by atoms with E-state index in [0.717, 1.165) is 19.4 Å². The molecule has 0 aromatic carbocycles. The molecule has 88 valence electrons. The van der Waals surface area contributed by atoms with Crippen LogP contribution in [0.2, 0.25) is 0 Å². The molecule has 1 unspecified atom stereocenters. The molecule has 5 heteroatoms. The lowest BCUT2D eigenvalue weighted by atomic mass is 9.95. The molecule has 15 heavy (non-hydrogen) atoms. The van der Waals surface area contributed by atoms with Crippen molar-refractivity contribution in [2.75, 3.05) is 24.6 Å². The maximum atomic E-state index is 11.5. The van der Waals surface area contributed by atoms with Gasteiger partial charge in [-0.25, -0.2) is 8.42 Å². The Morgan fingerprint density at radius 3 is 2.80 bits per heavy atom. The van der Waals surface area contributed by atoms with Crippen LogP contribution < -0.4 is 11.1 Å². The summed E-state index contributed by atoms with van der Waals surface area (Å²) >= 11 is 0. The van der Waals surface area contributed by atoms with Crippen LogP contribution in [0.5, 0.6) is 0 Å². The first kappa shape index (κ1) is 12.7. The van der Waals surface area contributed by atoms with Gasteiger partial charge in [-0.3, -0.25) is 0 Å². The zero-order chi connectivity index (χ0) is 11.4. The minimum absolute atomic E-state index is 0.174. The van der Waals surface area contributed by atoms with Gasteiger partial charge in [-0.1, -0.05) is 6.08 Å². The van der Waals surface area contributed by atoms with Crippen molar-refractivity contribution in [2.45, 2.75) is 24.8 Å². The molecule has 1 saturated heterocycles. The zero-order valence-electron chi connectivity index (χ0n) is 9.04. The Balaban J connectivity index is 2.62.